The maximum atomic E-state index is 14.3. The van der Waals surface area contributed by atoms with Crippen LogP contribution in [0, 0.1) is 11.6 Å². The molecule has 1 aliphatic heterocycles. The number of nitrogens with zero attached hydrogens (tertiary/aromatic N) is 3. The molecule has 4 aromatic rings. The van der Waals surface area contributed by atoms with Crippen molar-refractivity contribution in [3.8, 4) is 5.75 Å². The maximum Gasteiger partial charge on any atom is 0.270 e. The molecule has 0 atom stereocenters. The van der Waals surface area contributed by atoms with Crippen LogP contribution in [0.25, 0.3) is 5.65 Å². The minimum Gasteiger partial charge on any atom is -0.482 e. The van der Waals surface area contributed by atoms with Gasteiger partial charge >= 0.3 is 0 Å². The number of anilines is 1. The Balaban J connectivity index is 1.34. The summed E-state index contributed by atoms with van der Waals surface area (Å²) in [5.41, 5.74) is 1.01. The molecule has 10 nitrogen and oxygen atoms in total. The van der Waals surface area contributed by atoms with Crippen LogP contribution in [0.3, 0.4) is 0 Å². The Morgan fingerprint density at radius 1 is 1.03 bits per heavy atom. The number of ether oxygens (including phenoxy) is 1. The second-order valence-corrected chi connectivity index (χ2v) is 8.44. The van der Waals surface area contributed by atoms with E-state index in [0.29, 0.717) is 22.6 Å². The molecule has 0 aliphatic carbocycles. The summed E-state index contributed by atoms with van der Waals surface area (Å²) in [6.45, 7) is -0.0219. The first-order valence-electron chi connectivity index (χ1n) is 10.9. The molecule has 37 heavy (non-hydrogen) atoms. The van der Waals surface area contributed by atoms with Gasteiger partial charge in [-0.05, 0) is 35.4 Å². The fraction of sp³-hybridized carbons (Fsp3) is 0.125. The third-order valence-corrected chi connectivity index (χ3v) is 5.75. The first kappa shape index (κ1) is 24.1. The summed E-state index contributed by atoms with van der Waals surface area (Å²) < 4.78 is 34.0. The number of fused-ring (bicyclic) bond motifs is 2. The van der Waals surface area contributed by atoms with Crippen molar-refractivity contribution in [2.75, 3.05) is 11.9 Å². The SMILES string of the molecule is O=C1COc2ccc(CNC(=O)c3cc(C(=O)NCc4ccc(F)c(Cl)c4)n4ncc(F)c4n3)cc2N1. The van der Waals surface area contributed by atoms with Crippen LogP contribution in [0.1, 0.15) is 32.1 Å². The highest BCUT2D eigenvalue weighted by atomic mass is 35.5. The van der Waals surface area contributed by atoms with Crippen molar-refractivity contribution in [3.05, 3.63) is 87.8 Å². The number of halogens is 3. The minimum absolute atomic E-state index is 0.00743. The first-order chi connectivity index (χ1) is 17.8. The minimum atomic E-state index is -0.820. The van der Waals surface area contributed by atoms with Gasteiger partial charge < -0.3 is 20.7 Å². The van der Waals surface area contributed by atoms with E-state index in [2.05, 4.69) is 26.0 Å². The summed E-state index contributed by atoms with van der Waals surface area (Å²) in [6.07, 6.45) is 0.879. The molecule has 13 heteroatoms. The van der Waals surface area contributed by atoms with Crippen molar-refractivity contribution in [3.63, 3.8) is 0 Å². The van der Waals surface area contributed by atoms with Gasteiger partial charge in [0.1, 0.15) is 23.0 Å². The summed E-state index contributed by atoms with van der Waals surface area (Å²) in [6, 6.07) is 10.2. The average molecular weight is 527 g/mol. The molecule has 0 radical (unpaired) electrons. The Hall–Kier alpha value is -4.58. The van der Waals surface area contributed by atoms with Crippen molar-refractivity contribution < 1.29 is 27.9 Å². The molecule has 3 N–H and O–H groups in total. The molecule has 0 saturated heterocycles. The van der Waals surface area contributed by atoms with Crippen LogP contribution in [-0.4, -0.2) is 38.9 Å². The highest BCUT2D eigenvalue weighted by Crippen LogP contribution is 2.28. The van der Waals surface area contributed by atoms with Gasteiger partial charge in [0.25, 0.3) is 17.7 Å². The number of hydrogen-bond donors (Lipinski definition) is 3. The highest BCUT2D eigenvalue weighted by molar-refractivity contribution is 6.30. The van der Waals surface area contributed by atoms with Gasteiger partial charge in [-0.1, -0.05) is 23.7 Å². The molecule has 0 unspecified atom stereocenters. The maximum absolute atomic E-state index is 14.3. The number of hydrogen-bond acceptors (Lipinski definition) is 6. The number of carbonyl (C=O) groups is 3. The summed E-state index contributed by atoms with van der Waals surface area (Å²) >= 11 is 5.78. The van der Waals surface area contributed by atoms with E-state index in [1.807, 2.05) is 0 Å². The van der Waals surface area contributed by atoms with Crippen molar-refractivity contribution >= 4 is 40.7 Å². The van der Waals surface area contributed by atoms with E-state index in [9.17, 15) is 23.2 Å². The topological polar surface area (TPSA) is 127 Å². The molecule has 2 aromatic carbocycles. The van der Waals surface area contributed by atoms with Crippen LogP contribution in [-0.2, 0) is 17.9 Å². The molecule has 0 fully saturated rings. The van der Waals surface area contributed by atoms with Crippen molar-refractivity contribution in [1.82, 2.24) is 25.2 Å². The van der Waals surface area contributed by atoms with Gasteiger partial charge in [-0.2, -0.15) is 5.10 Å². The van der Waals surface area contributed by atoms with Crippen molar-refractivity contribution in [1.29, 1.82) is 0 Å². The molecular weight excluding hydrogens is 510 g/mol. The zero-order valence-electron chi connectivity index (χ0n) is 18.8. The van der Waals surface area contributed by atoms with E-state index in [0.717, 1.165) is 10.7 Å². The van der Waals surface area contributed by atoms with E-state index in [1.54, 1.807) is 18.2 Å². The van der Waals surface area contributed by atoms with Gasteiger partial charge in [0, 0.05) is 19.2 Å². The van der Waals surface area contributed by atoms with Gasteiger partial charge in [-0.3, -0.25) is 14.4 Å². The number of aromatic nitrogens is 3. The number of carbonyl (C=O) groups excluding carboxylic acids is 3. The third kappa shape index (κ3) is 5.05. The molecule has 1 aliphatic rings. The standard InChI is InChI=1S/C24H17ClF2N6O4/c25-14-5-12(1-3-15(14)26)8-29-24(36)19-7-18(32-22-16(27)10-30-33(19)22)23(35)28-9-13-2-4-20-17(6-13)31-21(34)11-37-20/h1-7,10H,8-9,11H2,(H,28,35)(H,29,36)(H,31,34). The summed E-state index contributed by atoms with van der Waals surface area (Å²) in [5, 5.41) is 11.7. The highest BCUT2D eigenvalue weighted by Gasteiger charge is 2.21. The molecule has 0 saturated carbocycles. The molecule has 5 rings (SSSR count). The van der Waals surface area contributed by atoms with E-state index in [1.165, 1.54) is 24.3 Å². The van der Waals surface area contributed by atoms with E-state index in [-0.39, 0.29) is 47.7 Å². The zero-order chi connectivity index (χ0) is 26.1. The van der Waals surface area contributed by atoms with E-state index < -0.39 is 23.4 Å². The second-order valence-electron chi connectivity index (χ2n) is 8.04. The fourth-order valence-corrected chi connectivity index (χ4v) is 3.85. The van der Waals surface area contributed by atoms with Gasteiger partial charge in [-0.25, -0.2) is 18.3 Å². The van der Waals surface area contributed by atoms with Gasteiger partial charge in [-0.15, -0.1) is 0 Å². The lowest BCUT2D eigenvalue weighted by atomic mass is 10.1. The normalized spacial score (nSPS) is 12.5. The van der Waals surface area contributed by atoms with Crippen LogP contribution >= 0.6 is 11.6 Å². The van der Waals surface area contributed by atoms with Crippen LogP contribution in [0.15, 0.2) is 48.7 Å². The van der Waals surface area contributed by atoms with Gasteiger partial charge in [0.15, 0.2) is 18.1 Å². The smallest absolute Gasteiger partial charge is 0.270 e. The Morgan fingerprint density at radius 2 is 1.76 bits per heavy atom. The number of amides is 3. The average Bonchev–Trinajstić information content (AvgIpc) is 3.27. The second kappa shape index (κ2) is 9.82. The fourth-order valence-electron chi connectivity index (χ4n) is 3.65. The lowest BCUT2D eigenvalue weighted by Crippen LogP contribution is -2.29. The van der Waals surface area contributed by atoms with Crippen LogP contribution < -0.4 is 20.7 Å². The van der Waals surface area contributed by atoms with Gasteiger partial charge in [0.2, 0.25) is 0 Å². The Kier molecular flexibility index (Phi) is 6.40. The molecule has 3 heterocycles. The number of benzene rings is 2. The lowest BCUT2D eigenvalue weighted by molar-refractivity contribution is -0.118. The largest absolute Gasteiger partial charge is 0.482 e. The summed E-state index contributed by atoms with van der Waals surface area (Å²) in [7, 11) is 0. The quantitative estimate of drug-likeness (QED) is 0.355. The van der Waals surface area contributed by atoms with Crippen LogP contribution in [0.5, 0.6) is 5.75 Å². The summed E-state index contributed by atoms with van der Waals surface area (Å²) in [4.78, 5) is 41.3. The molecular formula is C24H17ClF2N6O4. The molecule has 188 valence electrons. The third-order valence-electron chi connectivity index (χ3n) is 5.46. The Morgan fingerprint density at radius 3 is 2.54 bits per heavy atom. The van der Waals surface area contributed by atoms with Crippen molar-refractivity contribution in [2.24, 2.45) is 0 Å². The summed E-state index contributed by atoms with van der Waals surface area (Å²) in [5.74, 6) is -2.53. The van der Waals surface area contributed by atoms with Crippen molar-refractivity contribution in [2.45, 2.75) is 13.1 Å². The predicted octanol–water partition coefficient (Wildman–Crippen LogP) is 2.85. The molecule has 0 spiro atoms. The molecule has 0 bridgehead atoms. The predicted molar refractivity (Wildman–Crippen MR) is 127 cm³/mol. The van der Waals surface area contributed by atoms with E-state index in [4.69, 9.17) is 16.3 Å². The zero-order valence-corrected chi connectivity index (χ0v) is 19.6. The molecule has 2 aromatic heterocycles. The first-order valence-corrected chi connectivity index (χ1v) is 11.3. The number of rotatable bonds is 6. The molecule has 3 amide bonds. The number of nitrogens with one attached hydrogen (secondary N) is 3. The van der Waals surface area contributed by atoms with Crippen LogP contribution in [0.2, 0.25) is 5.02 Å². The lowest BCUT2D eigenvalue weighted by Gasteiger charge is -2.18. The van der Waals surface area contributed by atoms with Gasteiger partial charge in [0.05, 0.1) is 16.9 Å². The van der Waals surface area contributed by atoms with Crippen LogP contribution in [0.4, 0.5) is 14.5 Å². The Labute approximate surface area is 212 Å². The monoisotopic (exact) mass is 526 g/mol. The Bertz CT molecular complexity index is 1570. The van der Waals surface area contributed by atoms with E-state index >= 15 is 0 Å².